The average Bonchev–Trinajstić information content (AvgIpc) is 2.68. The highest BCUT2D eigenvalue weighted by Gasteiger charge is 2.38. The molecule has 0 aromatic heterocycles. The van der Waals surface area contributed by atoms with Crippen molar-refractivity contribution >= 4 is 18.3 Å². The van der Waals surface area contributed by atoms with Gasteiger partial charge < -0.3 is 11.1 Å². The van der Waals surface area contributed by atoms with Gasteiger partial charge in [0.05, 0.1) is 6.04 Å². The molecule has 26 heavy (non-hydrogen) atoms. The lowest BCUT2D eigenvalue weighted by atomic mass is 9.79. The monoisotopic (exact) mass is 379 g/mol. The molecule has 1 aliphatic heterocycles. The Kier molecular flexibility index (Phi) is 8.39. The Morgan fingerprint density at radius 3 is 2.31 bits per heavy atom. The van der Waals surface area contributed by atoms with E-state index in [-0.39, 0.29) is 23.9 Å². The maximum absolute atomic E-state index is 12.6. The van der Waals surface area contributed by atoms with Crippen LogP contribution in [-0.2, 0) is 11.2 Å². The van der Waals surface area contributed by atoms with Crippen molar-refractivity contribution in [3.63, 3.8) is 0 Å². The minimum absolute atomic E-state index is 0. The number of halogens is 1. The fourth-order valence-corrected chi connectivity index (χ4v) is 4.53. The van der Waals surface area contributed by atoms with Crippen LogP contribution in [0.3, 0.4) is 0 Å². The number of carbonyl (C=O) groups excluding carboxylic acids is 1. The van der Waals surface area contributed by atoms with E-state index in [1.807, 2.05) is 30.3 Å². The van der Waals surface area contributed by atoms with Crippen LogP contribution in [0.1, 0.15) is 56.9 Å². The summed E-state index contributed by atoms with van der Waals surface area (Å²) in [6, 6.07) is 9.57. The number of carbonyl (C=O) groups is 1. The molecule has 0 radical (unpaired) electrons. The maximum Gasteiger partial charge on any atom is 0.237 e. The molecule has 3 rings (SSSR count). The summed E-state index contributed by atoms with van der Waals surface area (Å²) in [7, 11) is 0. The predicted molar refractivity (Wildman–Crippen MR) is 110 cm³/mol. The number of piperidine rings is 1. The largest absolute Gasteiger partial charge is 0.353 e. The average molecular weight is 380 g/mol. The van der Waals surface area contributed by atoms with E-state index in [0.717, 1.165) is 12.1 Å². The number of rotatable bonds is 6. The van der Waals surface area contributed by atoms with Gasteiger partial charge in [-0.05, 0) is 50.8 Å². The Labute approximate surface area is 164 Å². The van der Waals surface area contributed by atoms with Gasteiger partial charge in [-0.3, -0.25) is 9.69 Å². The third-order valence-electron chi connectivity index (χ3n) is 6.04. The van der Waals surface area contributed by atoms with Gasteiger partial charge in [0.25, 0.3) is 0 Å². The van der Waals surface area contributed by atoms with Crippen molar-refractivity contribution in [3.8, 4) is 0 Å². The third kappa shape index (κ3) is 5.45. The van der Waals surface area contributed by atoms with E-state index in [0.29, 0.717) is 6.42 Å². The Morgan fingerprint density at radius 2 is 1.65 bits per heavy atom. The molecule has 1 heterocycles. The lowest BCUT2D eigenvalue weighted by molar-refractivity contribution is -0.123. The molecule has 1 amide bonds. The van der Waals surface area contributed by atoms with Crippen LogP contribution in [0, 0.1) is 0 Å². The summed E-state index contributed by atoms with van der Waals surface area (Å²) in [4.78, 5) is 15.2. The molecule has 2 fully saturated rings. The zero-order chi connectivity index (χ0) is 17.5. The van der Waals surface area contributed by atoms with Gasteiger partial charge in [0.1, 0.15) is 0 Å². The number of hydrogen-bond acceptors (Lipinski definition) is 3. The summed E-state index contributed by atoms with van der Waals surface area (Å²) in [5, 5.41) is 3.20. The molecule has 1 unspecified atom stereocenters. The smallest absolute Gasteiger partial charge is 0.237 e. The minimum atomic E-state index is -0.468. The second-order valence-corrected chi connectivity index (χ2v) is 7.85. The molecule has 1 aliphatic carbocycles. The lowest BCUT2D eigenvalue weighted by Crippen LogP contribution is -2.59. The van der Waals surface area contributed by atoms with Crippen LogP contribution < -0.4 is 11.1 Å². The first kappa shape index (κ1) is 21.2. The standard InChI is InChI=1S/C21H33N3O.ClH/c22-19(16-18-10-4-1-5-11-18)20(25)23-17-21(12-6-2-7-13-21)24-14-8-3-9-15-24;/h1,4-5,10-11,19H,2-3,6-9,12-17,22H2,(H,23,25);1H. The van der Waals surface area contributed by atoms with E-state index in [2.05, 4.69) is 10.2 Å². The summed E-state index contributed by atoms with van der Waals surface area (Å²) in [5.74, 6) is -0.00851. The van der Waals surface area contributed by atoms with Gasteiger partial charge in [-0.2, -0.15) is 0 Å². The van der Waals surface area contributed by atoms with Crippen LogP contribution in [0.4, 0.5) is 0 Å². The molecule has 4 nitrogen and oxygen atoms in total. The van der Waals surface area contributed by atoms with E-state index < -0.39 is 6.04 Å². The summed E-state index contributed by atoms with van der Waals surface area (Å²) in [6.45, 7) is 3.13. The first-order valence-electron chi connectivity index (χ1n) is 10.0. The SMILES string of the molecule is Cl.NC(Cc1ccccc1)C(=O)NCC1(N2CCCCC2)CCCCC1. The van der Waals surface area contributed by atoms with Crippen molar-refractivity contribution in [1.29, 1.82) is 0 Å². The van der Waals surface area contributed by atoms with Crippen LogP contribution in [0.25, 0.3) is 0 Å². The van der Waals surface area contributed by atoms with E-state index in [1.165, 1.54) is 64.5 Å². The third-order valence-corrected chi connectivity index (χ3v) is 6.04. The highest BCUT2D eigenvalue weighted by molar-refractivity contribution is 5.85. The molecule has 1 aromatic rings. The molecule has 1 saturated carbocycles. The van der Waals surface area contributed by atoms with Gasteiger partial charge in [0.2, 0.25) is 5.91 Å². The Balaban J connectivity index is 0.00000243. The second-order valence-electron chi connectivity index (χ2n) is 7.85. The van der Waals surface area contributed by atoms with Crippen molar-refractivity contribution in [2.24, 2.45) is 5.73 Å². The topological polar surface area (TPSA) is 58.4 Å². The number of hydrogen-bond donors (Lipinski definition) is 2. The molecular formula is C21H34ClN3O. The van der Waals surface area contributed by atoms with E-state index in [9.17, 15) is 4.79 Å². The molecule has 146 valence electrons. The number of nitrogens with zero attached hydrogens (tertiary/aromatic N) is 1. The van der Waals surface area contributed by atoms with E-state index in [1.54, 1.807) is 0 Å². The Hall–Kier alpha value is -1.10. The van der Waals surface area contributed by atoms with Crippen molar-refractivity contribution in [1.82, 2.24) is 10.2 Å². The fourth-order valence-electron chi connectivity index (χ4n) is 4.53. The van der Waals surface area contributed by atoms with Crippen LogP contribution in [0.15, 0.2) is 30.3 Å². The van der Waals surface area contributed by atoms with Crippen LogP contribution in [-0.4, -0.2) is 42.0 Å². The molecular weight excluding hydrogens is 346 g/mol. The Bertz CT molecular complexity index is 539. The molecule has 0 bridgehead atoms. The fraction of sp³-hybridized carbons (Fsp3) is 0.667. The zero-order valence-electron chi connectivity index (χ0n) is 15.8. The zero-order valence-corrected chi connectivity index (χ0v) is 16.6. The van der Waals surface area contributed by atoms with Gasteiger partial charge in [-0.15, -0.1) is 12.4 Å². The summed E-state index contributed by atoms with van der Waals surface area (Å²) >= 11 is 0. The normalized spacial score (nSPS) is 21.4. The maximum atomic E-state index is 12.6. The number of nitrogens with one attached hydrogen (secondary N) is 1. The summed E-state index contributed by atoms with van der Waals surface area (Å²) in [5.41, 5.74) is 7.45. The first-order chi connectivity index (χ1) is 12.2. The van der Waals surface area contributed by atoms with Crippen LogP contribution in [0.5, 0.6) is 0 Å². The predicted octanol–water partition coefficient (Wildman–Crippen LogP) is 3.28. The quantitative estimate of drug-likeness (QED) is 0.797. The molecule has 2 aliphatic rings. The molecule has 3 N–H and O–H groups in total. The van der Waals surface area contributed by atoms with Crippen molar-refractivity contribution in [3.05, 3.63) is 35.9 Å². The summed E-state index contributed by atoms with van der Waals surface area (Å²) in [6.07, 6.45) is 10.8. The molecule has 1 atom stereocenters. The first-order valence-corrected chi connectivity index (χ1v) is 10.0. The lowest BCUT2D eigenvalue weighted by Gasteiger charge is -2.48. The van der Waals surface area contributed by atoms with E-state index >= 15 is 0 Å². The molecule has 5 heteroatoms. The molecule has 1 saturated heterocycles. The Morgan fingerprint density at radius 1 is 1.04 bits per heavy atom. The summed E-state index contributed by atoms with van der Waals surface area (Å²) < 4.78 is 0. The minimum Gasteiger partial charge on any atom is -0.353 e. The van der Waals surface area contributed by atoms with E-state index in [4.69, 9.17) is 5.73 Å². The van der Waals surface area contributed by atoms with Gasteiger partial charge in [-0.1, -0.05) is 56.0 Å². The van der Waals surface area contributed by atoms with Crippen molar-refractivity contribution in [2.75, 3.05) is 19.6 Å². The highest BCUT2D eigenvalue weighted by atomic mass is 35.5. The second kappa shape index (κ2) is 10.3. The number of likely N-dealkylation sites (tertiary alicyclic amines) is 1. The van der Waals surface area contributed by atoms with Crippen molar-refractivity contribution < 1.29 is 4.79 Å². The highest BCUT2D eigenvalue weighted by Crippen LogP contribution is 2.35. The van der Waals surface area contributed by atoms with Crippen LogP contribution >= 0.6 is 12.4 Å². The van der Waals surface area contributed by atoms with Crippen molar-refractivity contribution in [2.45, 2.75) is 69.4 Å². The number of amides is 1. The number of nitrogens with two attached hydrogens (primary N) is 1. The molecule has 0 spiro atoms. The van der Waals surface area contributed by atoms with Gasteiger partial charge in [0.15, 0.2) is 0 Å². The van der Waals surface area contributed by atoms with Gasteiger partial charge >= 0.3 is 0 Å². The van der Waals surface area contributed by atoms with Crippen LogP contribution in [0.2, 0.25) is 0 Å². The number of benzene rings is 1. The molecule has 1 aromatic carbocycles. The van der Waals surface area contributed by atoms with Gasteiger partial charge in [0, 0.05) is 12.1 Å². The van der Waals surface area contributed by atoms with Gasteiger partial charge in [-0.25, -0.2) is 0 Å².